The normalized spacial score (nSPS) is 8.89. The van der Waals surface area contributed by atoms with Gasteiger partial charge in [0.2, 0.25) is 0 Å². The zero-order valence-corrected chi connectivity index (χ0v) is 6.72. The van der Waals surface area contributed by atoms with E-state index in [9.17, 15) is 0 Å². The summed E-state index contributed by atoms with van der Waals surface area (Å²) in [6, 6.07) is 0. The Morgan fingerprint density at radius 1 is 1.22 bits per heavy atom. The molecule has 0 aromatic carbocycles. The minimum absolute atomic E-state index is 0.344. The van der Waals surface area contributed by atoms with Gasteiger partial charge >= 0.3 is 0 Å². The van der Waals surface area contributed by atoms with Crippen molar-refractivity contribution in [2.75, 3.05) is 6.61 Å². The first-order valence-corrected chi connectivity index (χ1v) is 3.51. The highest BCUT2D eigenvalue weighted by Crippen LogP contribution is 1.78. The van der Waals surface area contributed by atoms with Crippen molar-refractivity contribution < 1.29 is 5.11 Å². The van der Waals surface area contributed by atoms with Crippen molar-refractivity contribution in [3.8, 4) is 0 Å². The molecule has 0 aliphatic carbocycles. The van der Waals surface area contributed by atoms with E-state index in [1.807, 2.05) is 26.0 Å². The van der Waals surface area contributed by atoms with Gasteiger partial charge in [-0.25, -0.2) is 0 Å². The molecule has 0 aliphatic rings. The minimum Gasteiger partial charge on any atom is -0.396 e. The van der Waals surface area contributed by atoms with Crippen LogP contribution in [-0.4, -0.2) is 11.7 Å². The van der Waals surface area contributed by atoms with Crippen LogP contribution in [0.1, 0.15) is 33.6 Å². The Kier molecular flexibility index (Phi) is 20.0. The lowest BCUT2D eigenvalue weighted by Crippen LogP contribution is -1.75. The molecule has 0 unspecified atom stereocenters. The van der Waals surface area contributed by atoms with E-state index in [0.717, 1.165) is 12.8 Å². The Balaban J connectivity index is 0. The largest absolute Gasteiger partial charge is 0.396 e. The lowest BCUT2D eigenvalue weighted by atomic mass is 10.4. The summed E-state index contributed by atoms with van der Waals surface area (Å²) in [6.45, 7) is 6.40. The van der Waals surface area contributed by atoms with E-state index >= 15 is 0 Å². The van der Waals surface area contributed by atoms with E-state index in [2.05, 4.69) is 6.92 Å². The molecule has 0 heterocycles. The van der Waals surface area contributed by atoms with Gasteiger partial charge in [0.05, 0.1) is 0 Å². The molecule has 1 nitrogen and oxygen atoms in total. The van der Waals surface area contributed by atoms with E-state index < -0.39 is 0 Å². The Bertz CT molecular complexity index is 42.5. The van der Waals surface area contributed by atoms with Crippen molar-refractivity contribution in [3.63, 3.8) is 0 Å². The van der Waals surface area contributed by atoms with Gasteiger partial charge in [0, 0.05) is 6.61 Å². The van der Waals surface area contributed by atoms with E-state index in [-0.39, 0.29) is 0 Å². The molecule has 0 rings (SSSR count). The molecule has 0 aromatic heterocycles. The van der Waals surface area contributed by atoms with Gasteiger partial charge < -0.3 is 5.11 Å². The van der Waals surface area contributed by atoms with Crippen molar-refractivity contribution in [2.24, 2.45) is 0 Å². The van der Waals surface area contributed by atoms with Crippen LogP contribution in [-0.2, 0) is 0 Å². The quantitative estimate of drug-likeness (QED) is 0.569. The first-order chi connectivity index (χ1) is 4.33. The van der Waals surface area contributed by atoms with Crippen molar-refractivity contribution in [1.82, 2.24) is 0 Å². The van der Waals surface area contributed by atoms with Gasteiger partial charge in [0.25, 0.3) is 0 Å². The molecule has 0 aliphatic heterocycles. The number of aliphatic hydroxyl groups is 1. The maximum absolute atomic E-state index is 8.07. The molecular formula is C8H18O. The van der Waals surface area contributed by atoms with Crippen LogP contribution in [0.5, 0.6) is 0 Å². The van der Waals surface area contributed by atoms with Gasteiger partial charge in [0.1, 0.15) is 0 Å². The van der Waals surface area contributed by atoms with Crippen LogP contribution in [0, 0.1) is 0 Å². The van der Waals surface area contributed by atoms with E-state index in [1.165, 1.54) is 0 Å². The fourth-order valence-electron chi connectivity index (χ4n) is 0.158. The number of unbranched alkanes of at least 4 members (excludes halogenated alkanes) is 1. The minimum atomic E-state index is 0.344. The summed E-state index contributed by atoms with van der Waals surface area (Å²) in [5.74, 6) is 0. The monoisotopic (exact) mass is 130 g/mol. The Morgan fingerprint density at radius 3 is 1.67 bits per heavy atom. The average Bonchev–Trinajstić information content (AvgIpc) is 1.91. The third kappa shape index (κ3) is 34.3. The average molecular weight is 130 g/mol. The Labute approximate surface area is 58.4 Å². The summed E-state index contributed by atoms with van der Waals surface area (Å²) < 4.78 is 0. The van der Waals surface area contributed by atoms with Crippen LogP contribution >= 0.6 is 0 Å². The van der Waals surface area contributed by atoms with Gasteiger partial charge in [0.15, 0.2) is 0 Å². The molecule has 56 valence electrons. The number of hydrogen-bond donors (Lipinski definition) is 1. The molecule has 0 saturated carbocycles. The van der Waals surface area contributed by atoms with Crippen LogP contribution in [0.15, 0.2) is 12.2 Å². The Hall–Kier alpha value is -0.300. The molecule has 0 aromatic rings. The van der Waals surface area contributed by atoms with Gasteiger partial charge in [-0.15, -0.1) is 0 Å². The molecule has 0 atom stereocenters. The van der Waals surface area contributed by atoms with Gasteiger partial charge in [-0.3, -0.25) is 0 Å². The number of allylic oxidation sites excluding steroid dienone is 2. The predicted octanol–water partition coefficient (Wildman–Crippen LogP) is 2.36. The maximum Gasteiger partial charge on any atom is 0.0430 e. The van der Waals surface area contributed by atoms with Crippen LogP contribution in [0.4, 0.5) is 0 Å². The molecule has 0 fully saturated rings. The fourth-order valence-corrected chi connectivity index (χ4v) is 0.158. The number of aliphatic hydroxyl groups excluding tert-OH is 1. The molecular weight excluding hydrogens is 112 g/mol. The molecule has 0 radical (unpaired) electrons. The highest BCUT2D eigenvalue weighted by atomic mass is 16.2. The molecule has 1 N–H and O–H groups in total. The maximum atomic E-state index is 8.07. The summed E-state index contributed by atoms with van der Waals surface area (Å²) in [5, 5.41) is 8.07. The van der Waals surface area contributed by atoms with E-state index in [0.29, 0.717) is 6.61 Å². The van der Waals surface area contributed by atoms with Gasteiger partial charge in [-0.2, -0.15) is 0 Å². The Morgan fingerprint density at radius 2 is 1.67 bits per heavy atom. The zero-order chi connectivity index (χ0) is 7.54. The summed E-state index contributed by atoms with van der Waals surface area (Å²) >= 11 is 0. The summed E-state index contributed by atoms with van der Waals surface area (Å²) in [6.07, 6.45) is 6.04. The lowest BCUT2D eigenvalue weighted by molar-refractivity contribution is 0.287. The molecule has 1 heteroatoms. The highest BCUT2D eigenvalue weighted by molar-refractivity contribution is 4.68. The third-order valence-corrected chi connectivity index (χ3v) is 0.845. The second-order valence-electron chi connectivity index (χ2n) is 1.74. The van der Waals surface area contributed by atoms with Crippen molar-refractivity contribution in [2.45, 2.75) is 33.6 Å². The lowest BCUT2D eigenvalue weighted by Gasteiger charge is -1.79. The van der Waals surface area contributed by atoms with Gasteiger partial charge in [-0.05, 0) is 20.3 Å². The standard InChI is InChI=1S/C4H10O.C4H8/c1-2-3-4-5;1-3-4-2/h5H,2-4H2,1H3;3-4H,1-2H3. The molecule has 9 heavy (non-hydrogen) atoms. The second kappa shape index (κ2) is 15.6. The molecule has 0 spiro atoms. The van der Waals surface area contributed by atoms with Gasteiger partial charge in [-0.1, -0.05) is 25.5 Å². The smallest absolute Gasteiger partial charge is 0.0430 e. The highest BCUT2D eigenvalue weighted by Gasteiger charge is 1.69. The topological polar surface area (TPSA) is 20.2 Å². The predicted molar refractivity (Wildman–Crippen MR) is 42.5 cm³/mol. The van der Waals surface area contributed by atoms with Crippen LogP contribution < -0.4 is 0 Å². The third-order valence-electron chi connectivity index (χ3n) is 0.845. The summed E-state index contributed by atoms with van der Waals surface area (Å²) in [7, 11) is 0. The van der Waals surface area contributed by atoms with E-state index in [4.69, 9.17) is 5.11 Å². The van der Waals surface area contributed by atoms with Crippen LogP contribution in [0.25, 0.3) is 0 Å². The SMILES string of the molecule is CC=CC.CCCCO. The number of hydrogen-bond acceptors (Lipinski definition) is 1. The first kappa shape index (κ1) is 11.5. The molecule has 0 amide bonds. The van der Waals surface area contributed by atoms with Crippen molar-refractivity contribution >= 4 is 0 Å². The van der Waals surface area contributed by atoms with Crippen LogP contribution in [0.2, 0.25) is 0 Å². The van der Waals surface area contributed by atoms with E-state index in [1.54, 1.807) is 0 Å². The fraction of sp³-hybridized carbons (Fsp3) is 0.750. The summed E-state index contributed by atoms with van der Waals surface area (Å²) in [4.78, 5) is 0. The second-order valence-corrected chi connectivity index (χ2v) is 1.74. The van der Waals surface area contributed by atoms with Crippen molar-refractivity contribution in [1.29, 1.82) is 0 Å². The number of rotatable bonds is 2. The molecule has 0 bridgehead atoms. The zero-order valence-electron chi connectivity index (χ0n) is 6.72. The first-order valence-electron chi connectivity index (χ1n) is 3.51. The van der Waals surface area contributed by atoms with Crippen molar-refractivity contribution in [3.05, 3.63) is 12.2 Å². The summed E-state index contributed by atoms with van der Waals surface area (Å²) in [5.41, 5.74) is 0. The van der Waals surface area contributed by atoms with Crippen LogP contribution in [0.3, 0.4) is 0 Å². The molecule has 0 saturated heterocycles.